The van der Waals surface area contributed by atoms with Crippen molar-refractivity contribution in [1.82, 2.24) is 24.3 Å². The standard InChI is InChI=1S/C28H31N5OS/c1-31(27(34)24-12-18-35-21-24)26(19-22-7-3-2-4-8-22)23-10-16-32(17-11-23)20-25-9-5-15-33(25)28-29-13-6-14-30-28/h2-9,12-15,18,21,23,26H,10-11,16-17,19-20H2,1H3/t26-/m0/s1. The largest absolute Gasteiger partial charge is 0.338 e. The number of benzene rings is 1. The topological polar surface area (TPSA) is 54.3 Å². The molecule has 0 bridgehead atoms. The van der Waals surface area contributed by atoms with Gasteiger partial charge in [-0.1, -0.05) is 30.3 Å². The minimum atomic E-state index is 0.121. The maximum atomic E-state index is 13.2. The Labute approximate surface area is 210 Å². The van der Waals surface area contributed by atoms with Gasteiger partial charge in [0.25, 0.3) is 5.91 Å². The van der Waals surface area contributed by atoms with Crippen LogP contribution in [-0.4, -0.2) is 56.4 Å². The molecule has 6 nitrogen and oxygen atoms in total. The number of rotatable bonds is 8. The normalized spacial score (nSPS) is 15.7. The summed E-state index contributed by atoms with van der Waals surface area (Å²) in [6.45, 7) is 2.89. The molecule has 1 atom stereocenters. The number of likely N-dealkylation sites (tertiary alicyclic amines) is 1. The maximum Gasteiger partial charge on any atom is 0.254 e. The molecule has 35 heavy (non-hydrogen) atoms. The molecular formula is C28H31N5OS. The lowest BCUT2D eigenvalue weighted by Gasteiger charge is -2.40. The lowest BCUT2D eigenvalue weighted by atomic mass is 9.84. The van der Waals surface area contributed by atoms with Crippen molar-refractivity contribution in [3.8, 4) is 5.95 Å². The second-order valence-electron chi connectivity index (χ2n) is 9.22. The number of amides is 1. The zero-order chi connectivity index (χ0) is 24.0. The van der Waals surface area contributed by atoms with E-state index in [1.807, 2.05) is 47.1 Å². The van der Waals surface area contributed by atoms with E-state index >= 15 is 0 Å². The molecule has 5 rings (SSSR count). The second-order valence-corrected chi connectivity index (χ2v) is 10.00. The van der Waals surface area contributed by atoms with Crippen LogP contribution in [-0.2, 0) is 13.0 Å². The van der Waals surface area contributed by atoms with Crippen molar-refractivity contribution in [2.45, 2.75) is 31.8 Å². The molecule has 4 heterocycles. The Morgan fingerprint density at radius 2 is 1.83 bits per heavy atom. The number of piperidine rings is 1. The molecule has 1 aliphatic heterocycles. The molecule has 0 radical (unpaired) electrons. The first-order valence-corrected chi connectivity index (χ1v) is 13.1. The Hall–Kier alpha value is -3.29. The smallest absolute Gasteiger partial charge is 0.254 e. The van der Waals surface area contributed by atoms with Crippen molar-refractivity contribution in [3.63, 3.8) is 0 Å². The Kier molecular flexibility index (Phi) is 7.35. The van der Waals surface area contributed by atoms with Crippen LogP contribution in [0.2, 0.25) is 0 Å². The van der Waals surface area contributed by atoms with Crippen molar-refractivity contribution in [1.29, 1.82) is 0 Å². The molecule has 7 heteroatoms. The summed E-state index contributed by atoms with van der Waals surface area (Å²) >= 11 is 1.57. The van der Waals surface area contributed by atoms with Crippen LogP contribution >= 0.6 is 11.3 Å². The van der Waals surface area contributed by atoms with E-state index in [2.05, 4.69) is 55.8 Å². The van der Waals surface area contributed by atoms with Crippen molar-refractivity contribution >= 4 is 17.2 Å². The predicted molar refractivity (Wildman–Crippen MR) is 140 cm³/mol. The van der Waals surface area contributed by atoms with Crippen LogP contribution in [0, 0.1) is 5.92 Å². The molecule has 1 aromatic carbocycles. The van der Waals surface area contributed by atoms with Gasteiger partial charge >= 0.3 is 0 Å². The van der Waals surface area contributed by atoms with E-state index in [1.54, 1.807) is 23.7 Å². The number of nitrogens with zero attached hydrogens (tertiary/aromatic N) is 5. The second kappa shape index (κ2) is 11.0. The van der Waals surface area contributed by atoms with Gasteiger partial charge in [-0.2, -0.15) is 11.3 Å². The molecule has 0 aliphatic carbocycles. The highest BCUT2D eigenvalue weighted by Gasteiger charge is 2.32. The van der Waals surface area contributed by atoms with Gasteiger partial charge in [-0.25, -0.2) is 9.97 Å². The highest BCUT2D eigenvalue weighted by Crippen LogP contribution is 2.28. The molecule has 4 aromatic rings. The number of hydrogen-bond donors (Lipinski definition) is 0. The number of likely N-dealkylation sites (N-methyl/N-ethyl adjacent to an activating group) is 1. The number of carbonyl (C=O) groups is 1. The molecule has 3 aromatic heterocycles. The summed E-state index contributed by atoms with van der Waals surface area (Å²) in [7, 11) is 1.98. The van der Waals surface area contributed by atoms with Crippen molar-refractivity contribution in [2.75, 3.05) is 20.1 Å². The first-order valence-electron chi connectivity index (χ1n) is 12.2. The zero-order valence-electron chi connectivity index (χ0n) is 20.0. The lowest BCUT2D eigenvalue weighted by Crippen LogP contribution is -2.47. The molecule has 1 amide bonds. The Balaban J connectivity index is 1.27. The van der Waals surface area contributed by atoms with Gasteiger partial charge in [0.2, 0.25) is 5.95 Å². The number of carbonyl (C=O) groups excluding carboxylic acids is 1. The fourth-order valence-corrected chi connectivity index (χ4v) is 5.73. The molecule has 0 spiro atoms. The molecule has 1 saturated heterocycles. The fourth-order valence-electron chi connectivity index (χ4n) is 5.10. The van der Waals surface area contributed by atoms with Gasteiger partial charge in [0.1, 0.15) is 0 Å². The van der Waals surface area contributed by atoms with Crippen molar-refractivity contribution in [3.05, 3.63) is 101 Å². The molecule has 0 saturated carbocycles. The quantitative estimate of drug-likeness (QED) is 0.355. The van der Waals surface area contributed by atoms with Gasteiger partial charge in [-0.3, -0.25) is 14.3 Å². The molecule has 1 aliphatic rings. The predicted octanol–water partition coefficient (Wildman–Crippen LogP) is 4.92. The summed E-state index contributed by atoms with van der Waals surface area (Å²) in [5.41, 5.74) is 3.27. The molecule has 180 valence electrons. The monoisotopic (exact) mass is 485 g/mol. The van der Waals surface area contributed by atoms with Gasteiger partial charge in [0, 0.05) is 49.3 Å². The van der Waals surface area contributed by atoms with E-state index in [0.717, 1.165) is 44.5 Å². The fraction of sp³-hybridized carbons (Fsp3) is 0.321. The van der Waals surface area contributed by atoms with Crippen LogP contribution in [0.1, 0.15) is 34.5 Å². The van der Waals surface area contributed by atoms with Crippen LogP contribution in [0.25, 0.3) is 5.95 Å². The van der Waals surface area contributed by atoms with E-state index in [0.29, 0.717) is 11.9 Å². The Morgan fingerprint density at radius 1 is 1.06 bits per heavy atom. The first kappa shape index (κ1) is 23.5. The van der Waals surface area contributed by atoms with Crippen molar-refractivity contribution < 1.29 is 4.79 Å². The Morgan fingerprint density at radius 3 is 2.54 bits per heavy atom. The Bertz CT molecular complexity index is 1200. The third kappa shape index (κ3) is 5.52. The molecule has 1 fully saturated rings. The summed E-state index contributed by atoms with van der Waals surface area (Å²) in [6.07, 6.45) is 8.60. The van der Waals surface area contributed by atoms with Crippen LogP contribution in [0.4, 0.5) is 0 Å². The minimum Gasteiger partial charge on any atom is -0.338 e. The maximum absolute atomic E-state index is 13.2. The molecular weight excluding hydrogens is 454 g/mol. The summed E-state index contributed by atoms with van der Waals surface area (Å²) in [6, 6.07) is 18.7. The van der Waals surface area contributed by atoms with Gasteiger partial charge < -0.3 is 4.90 Å². The third-order valence-corrected chi connectivity index (χ3v) is 7.72. The first-order chi connectivity index (χ1) is 17.2. The van der Waals surface area contributed by atoms with Crippen LogP contribution < -0.4 is 0 Å². The van der Waals surface area contributed by atoms with E-state index in [9.17, 15) is 4.79 Å². The summed E-state index contributed by atoms with van der Waals surface area (Å²) < 4.78 is 2.07. The highest BCUT2D eigenvalue weighted by atomic mass is 32.1. The van der Waals surface area contributed by atoms with Crippen molar-refractivity contribution in [2.24, 2.45) is 5.92 Å². The van der Waals surface area contributed by atoms with Crippen LogP contribution in [0.15, 0.2) is 83.9 Å². The number of aromatic nitrogens is 3. The minimum absolute atomic E-state index is 0.121. The average Bonchev–Trinajstić information content (AvgIpc) is 3.61. The molecule has 0 unspecified atom stereocenters. The average molecular weight is 486 g/mol. The van der Waals surface area contributed by atoms with Gasteiger partial charge in [0.05, 0.1) is 5.56 Å². The highest BCUT2D eigenvalue weighted by molar-refractivity contribution is 7.08. The third-order valence-electron chi connectivity index (χ3n) is 7.04. The number of thiophene rings is 1. The van der Waals surface area contributed by atoms with E-state index < -0.39 is 0 Å². The van der Waals surface area contributed by atoms with Gasteiger partial charge in [-0.15, -0.1) is 0 Å². The zero-order valence-corrected chi connectivity index (χ0v) is 20.8. The SMILES string of the molecule is CN(C(=O)c1ccsc1)[C@@H](Cc1ccccc1)C1CCN(Cc2cccn2-c2ncccn2)CC1. The lowest BCUT2D eigenvalue weighted by molar-refractivity contribution is 0.0584. The van der Waals surface area contributed by atoms with Gasteiger partial charge in [0.15, 0.2) is 0 Å². The summed E-state index contributed by atoms with van der Waals surface area (Å²) in [5.74, 6) is 1.29. The number of hydrogen-bond acceptors (Lipinski definition) is 5. The van der Waals surface area contributed by atoms with E-state index in [-0.39, 0.29) is 11.9 Å². The molecule has 0 N–H and O–H groups in total. The summed E-state index contributed by atoms with van der Waals surface area (Å²) in [5, 5.41) is 3.93. The van der Waals surface area contributed by atoms with Crippen LogP contribution in [0.5, 0.6) is 0 Å². The summed E-state index contributed by atoms with van der Waals surface area (Å²) in [4.78, 5) is 26.5. The van der Waals surface area contributed by atoms with E-state index in [4.69, 9.17) is 0 Å². The van der Waals surface area contributed by atoms with Crippen LogP contribution in [0.3, 0.4) is 0 Å². The van der Waals surface area contributed by atoms with Gasteiger partial charge in [-0.05, 0) is 73.5 Å². The van der Waals surface area contributed by atoms with E-state index in [1.165, 1.54) is 11.3 Å².